The summed E-state index contributed by atoms with van der Waals surface area (Å²) in [7, 11) is -3.97. The van der Waals surface area contributed by atoms with Crippen molar-refractivity contribution in [1.29, 1.82) is 0 Å². The minimum Gasteiger partial charge on any atom is -0.339 e. The van der Waals surface area contributed by atoms with Crippen LogP contribution in [0.2, 0.25) is 0 Å². The molecule has 30 heavy (non-hydrogen) atoms. The molecular weight excluding hydrogens is 406 g/mol. The van der Waals surface area contributed by atoms with E-state index in [0.29, 0.717) is 34.6 Å². The van der Waals surface area contributed by atoms with Crippen molar-refractivity contribution in [3.05, 3.63) is 54.0 Å². The van der Waals surface area contributed by atoms with Crippen molar-refractivity contribution in [3.63, 3.8) is 0 Å². The average Bonchev–Trinajstić information content (AvgIpc) is 3.45. The summed E-state index contributed by atoms with van der Waals surface area (Å²) < 4.78 is 33.6. The lowest BCUT2D eigenvalue weighted by Gasteiger charge is -2.15. The number of hydrogen-bond donors (Lipinski definition) is 2. The van der Waals surface area contributed by atoms with Crippen molar-refractivity contribution in [3.8, 4) is 11.4 Å². The van der Waals surface area contributed by atoms with Gasteiger partial charge < -0.3 is 9.84 Å². The molecule has 1 amide bonds. The van der Waals surface area contributed by atoms with E-state index < -0.39 is 22.0 Å². The molecule has 2 aromatic heterocycles. The zero-order valence-corrected chi connectivity index (χ0v) is 17.3. The van der Waals surface area contributed by atoms with E-state index >= 15 is 0 Å². The van der Waals surface area contributed by atoms with E-state index in [9.17, 15) is 13.2 Å². The second-order valence-corrected chi connectivity index (χ2v) is 8.94. The third-order valence-electron chi connectivity index (χ3n) is 4.75. The monoisotopic (exact) mass is 427 g/mol. The summed E-state index contributed by atoms with van der Waals surface area (Å²) >= 11 is 0. The van der Waals surface area contributed by atoms with Gasteiger partial charge in [0.2, 0.25) is 27.6 Å². The number of aryl methyl sites for hydroxylation is 1. The molecule has 0 saturated heterocycles. The number of aromatic nitrogens is 3. The van der Waals surface area contributed by atoms with E-state index in [1.54, 1.807) is 37.3 Å². The van der Waals surface area contributed by atoms with Crippen molar-refractivity contribution in [1.82, 2.24) is 19.8 Å². The maximum atomic E-state index is 13.0. The molecule has 1 aliphatic rings. The Morgan fingerprint density at radius 1 is 1.23 bits per heavy atom. The van der Waals surface area contributed by atoms with Gasteiger partial charge in [0.15, 0.2) is 0 Å². The van der Waals surface area contributed by atoms with Gasteiger partial charge in [0, 0.05) is 17.7 Å². The van der Waals surface area contributed by atoms with Gasteiger partial charge in [0.25, 0.3) is 0 Å². The van der Waals surface area contributed by atoms with Gasteiger partial charge in [-0.2, -0.15) is 9.71 Å². The van der Waals surface area contributed by atoms with Crippen LogP contribution in [0.25, 0.3) is 11.4 Å². The van der Waals surface area contributed by atoms with Crippen molar-refractivity contribution in [2.75, 3.05) is 5.32 Å². The quantitative estimate of drug-likeness (QED) is 0.593. The maximum absolute atomic E-state index is 13.0. The largest absolute Gasteiger partial charge is 0.339 e. The lowest BCUT2D eigenvalue weighted by molar-refractivity contribution is -0.117. The molecule has 2 heterocycles. The molecule has 1 fully saturated rings. The highest BCUT2D eigenvalue weighted by molar-refractivity contribution is 7.89. The number of benzene rings is 1. The molecule has 156 valence electrons. The van der Waals surface area contributed by atoms with Crippen LogP contribution in [-0.4, -0.2) is 35.5 Å². The first kappa shape index (κ1) is 20.2. The number of anilines is 1. The van der Waals surface area contributed by atoms with Gasteiger partial charge in [0.05, 0.1) is 10.9 Å². The summed E-state index contributed by atoms with van der Waals surface area (Å²) in [5, 5.41) is 6.54. The molecule has 1 aromatic carbocycles. The van der Waals surface area contributed by atoms with Crippen LogP contribution >= 0.6 is 0 Å². The van der Waals surface area contributed by atoms with Gasteiger partial charge >= 0.3 is 0 Å². The Morgan fingerprint density at radius 2 is 2.03 bits per heavy atom. The smallest absolute Gasteiger partial charge is 0.243 e. The van der Waals surface area contributed by atoms with E-state index in [4.69, 9.17) is 4.52 Å². The molecular formula is C20H21N5O4S. The molecule has 9 nitrogen and oxygen atoms in total. The second-order valence-electron chi connectivity index (χ2n) is 7.26. The molecule has 3 aromatic rings. The fraction of sp³-hybridized carbons (Fsp3) is 0.300. The normalized spacial score (nSPS) is 15.0. The number of carbonyl (C=O) groups excluding carboxylic acids is 1. The van der Waals surface area contributed by atoms with Crippen molar-refractivity contribution in [2.24, 2.45) is 0 Å². The van der Waals surface area contributed by atoms with Gasteiger partial charge in [-0.3, -0.25) is 4.79 Å². The zero-order valence-electron chi connectivity index (χ0n) is 16.5. The van der Waals surface area contributed by atoms with Gasteiger partial charge in [-0.1, -0.05) is 23.4 Å². The molecule has 2 N–H and O–H groups in total. The summed E-state index contributed by atoms with van der Waals surface area (Å²) in [5.74, 6) is 1.05. The third kappa shape index (κ3) is 4.39. The zero-order chi connectivity index (χ0) is 21.3. The number of amides is 1. The topological polar surface area (TPSA) is 127 Å². The van der Waals surface area contributed by atoms with Crippen LogP contribution in [0.5, 0.6) is 0 Å². The summed E-state index contributed by atoms with van der Waals surface area (Å²) in [5.41, 5.74) is 1.07. The second kappa shape index (κ2) is 7.96. The van der Waals surface area contributed by atoms with Crippen molar-refractivity contribution < 1.29 is 17.7 Å². The first-order valence-electron chi connectivity index (χ1n) is 9.52. The Kier molecular flexibility index (Phi) is 5.35. The van der Waals surface area contributed by atoms with Crippen LogP contribution in [0, 0.1) is 6.92 Å². The number of carbonyl (C=O) groups is 1. The molecule has 0 unspecified atom stereocenters. The molecule has 0 aliphatic heterocycles. The minimum atomic E-state index is -3.97. The molecule has 1 atom stereocenters. The van der Waals surface area contributed by atoms with Crippen LogP contribution in [0.15, 0.2) is 52.0 Å². The van der Waals surface area contributed by atoms with Gasteiger partial charge in [0.1, 0.15) is 5.82 Å². The standard InChI is InChI=1S/C20H21N5O4S/c1-12-6-7-15(18-23-20(29-24-18)14-8-9-14)11-16(12)30(27,28)25-13(2)19(26)22-17-5-3-4-10-21-17/h3-7,10-11,13-14,25H,8-9H2,1-2H3,(H,21,22,26)/t13-/m1/s1. The average molecular weight is 427 g/mol. The van der Waals surface area contributed by atoms with E-state index in [0.717, 1.165) is 12.8 Å². The summed E-state index contributed by atoms with van der Waals surface area (Å²) in [6, 6.07) is 8.96. The number of rotatable bonds is 7. The number of hydrogen-bond acceptors (Lipinski definition) is 7. The molecule has 4 rings (SSSR count). The van der Waals surface area contributed by atoms with Gasteiger partial charge in [-0.15, -0.1) is 0 Å². The predicted octanol–water partition coefficient (Wildman–Crippen LogP) is 2.62. The summed E-state index contributed by atoms with van der Waals surface area (Å²) in [4.78, 5) is 20.8. The first-order chi connectivity index (χ1) is 14.3. The molecule has 10 heteroatoms. The van der Waals surface area contributed by atoms with E-state index in [1.807, 2.05) is 0 Å². The van der Waals surface area contributed by atoms with Crippen LogP contribution < -0.4 is 10.0 Å². The first-order valence-corrected chi connectivity index (χ1v) is 11.0. The van der Waals surface area contributed by atoms with E-state index in [1.165, 1.54) is 19.2 Å². The fourth-order valence-corrected chi connectivity index (χ4v) is 4.37. The van der Waals surface area contributed by atoms with Gasteiger partial charge in [-0.25, -0.2) is 13.4 Å². The highest BCUT2D eigenvalue weighted by atomic mass is 32.2. The molecule has 0 spiro atoms. The Morgan fingerprint density at radius 3 is 2.73 bits per heavy atom. The number of sulfonamides is 1. The third-order valence-corrected chi connectivity index (χ3v) is 6.43. The highest BCUT2D eigenvalue weighted by Crippen LogP contribution is 2.39. The molecule has 1 aliphatic carbocycles. The Bertz CT molecular complexity index is 1170. The number of pyridine rings is 1. The number of nitrogens with zero attached hydrogens (tertiary/aromatic N) is 3. The molecule has 1 saturated carbocycles. The van der Waals surface area contributed by atoms with Gasteiger partial charge in [-0.05, 0) is 50.5 Å². The summed E-state index contributed by atoms with van der Waals surface area (Å²) in [6.45, 7) is 3.15. The van der Waals surface area contributed by atoms with E-state index in [-0.39, 0.29) is 4.90 Å². The molecule has 0 bridgehead atoms. The Labute approximate surface area is 174 Å². The summed E-state index contributed by atoms with van der Waals surface area (Å²) in [6.07, 6.45) is 3.58. The fourth-order valence-electron chi connectivity index (χ4n) is 2.90. The Balaban J connectivity index is 1.53. The highest BCUT2D eigenvalue weighted by Gasteiger charge is 2.30. The molecule has 0 radical (unpaired) electrons. The lowest BCUT2D eigenvalue weighted by Crippen LogP contribution is -2.41. The predicted molar refractivity (Wildman–Crippen MR) is 109 cm³/mol. The minimum absolute atomic E-state index is 0.0512. The van der Waals surface area contributed by atoms with Crippen LogP contribution in [0.4, 0.5) is 5.82 Å². The lowest BCUT2D eigenvalue weighted by atomic mass is 10.1. The van der Waals surface area contributed by atoms with Crippen molar-refractivity contribution >= 4 is 21.7 Å². The van der Waals surface area contributed by atoms with Crippen LogP contribution in [-0.2, 0) is 14.8 Å². The Hall–Kier alpha value is -3.11. The maximum Gasteiger partial charge on any atom is 0.243 e. The number of nitrogens with one attached hydrogen (secondary N) is 2. The van der Waals surface area contributed by atoms with Crippen molar-refractivity contribution in [2.45, 2.75) is 43.5 Å². The van der Waals surface area contributed by atoms with Crippen LogP contribution in [0.1, 0.15) is 37.1 Å². The van der Waals surface area contributed by atoms with E-state index in [2.05, 4.69) is 25.2 Å². The van der Waals surface area contributed by atoms with Crippen LogP contribution in [0.3, 0.4) is 0 Å². The SMILES string of the molecule is Cc1ccc(-c2noc(C3CC3)n2)cc1S(=O)(=O)N[C@H](C)C(=O)Nc1ccccn1.